The Labute approximate surface area is 123 Å². The molecule has 1 fully saturated rings. The van der Waals surface area contributed by atoms with E-state index >= 15 is 0 Å². The Kier molecular flexibility index (Phi) is 5.64. The van der Waals surface area contributed by atoms with Gasteiger partial charge in [-0.1, -0.05) is 44.0 Å². The van der Waals surface area contributed by atoms with Crippen molar-refractivity contribution in [2.75, 3.05) is 19.6 Å². The second-order valence-electron chi connectivity index (χ2n) is 6.03. The molecule has 0 aromatic heterocycles. The van der Waals surface area contributed by atoms with Crippen LogP contribution in [0.15, 0.2) is 24.3 Å². The second kappa shape index (κ2) is 7.47. The van der Waals surface area contributed by atoms with Crippen molar-refractivity contribution < 1.29 is 0 Å². The third kappa shape index (κ3) is 4.37. The first-order chi connectivity index (χ1) is 9.69. The maximum Gasteiger partial charge on any atom is 0.0598 e. The van der Waals surface area contributed by atoms with E-state index in [1.54, 1.807) is 0 Å². The minimum atomic E-state index is 0.609. The quantitative estimate of drug-likeness (QED) is 0.828. The monoisotopic (exact) mass is 270 g/mol. The summed E-state index contributed by atoms with van der Waals surface area (Å²) in [4.78, 5) is 2.36. The number of nitrogens with one attached hydrogen (secondary N) is 1. The van der Waals surface area contributed by atoms with Crippen LogP contribution < -0.4 is 5.32 Å². The molecule has 0 saturated carbocycles. The van der Waals surface area contributed by atoms with Gasteiger partial charge in [-0.3, -0.25) is 4.90 Å². The summed E-state index contributed by atoms with van der Waals surface area (Å²) in [5.74, 6) is 3.34. The number of piperidine rings is 1. The number of likely N-dealkylation sites (tertiary alicyclic amines) is 1. The topological polar surface area (TPSA) is 15.3 Å². The van der Waals surface area contributed by atoms with Crippen molar-refractivity contribution >= 4 is 0 Å². The van der Waals surface area contributed by atoms with Gasteiger partial charge >= 0.3 is 0 Å². The number of rotatable bonds is 5. The Morgan fingerprint density at radius 2 is 1.90 bits per heavy atom. The van der Waals surface area contributed by atoms with Crippen LogP contribution in [-0.4, -0.2) is 30.6 Å². The standard InChI is InChI=1S/C18H26N2/c1-4-11-20-12-9-18(10-13-20)19-14-16-5-7-17(8-6-16)15(2)3/h1,5-8,15,18-19H,9-14H2,2-3H3. The average molecular weight is 270 g/mol. The molecule has 0 spiro atoms. The van der Waals surface area contributed by atoms with Gasteiger partial charge < -0.3 is 5.32 Å². The van der Waals surface area contributed by atoms with Crippen LogP contribution in [0.5, 0.6) is 0 Å². The molecule has 0 bridgehead atoms. The smallest absolute Gasteiger partial charge is 0.0598 e. The van der Waals surface area contributed by atoms with Gasteiger partial charge in [0, 0.05) is 25.7 Å². The molecule has 2 rings (SSSR count). The van der Waals surface area contributed by atoms with E-state index in [0.29, 0.717) is 12.0 Å². The van der Waals surface area contributed by atoms with Gasteiger partial charge in [0.1, 0.15) is 0 Å². The molecule has 20 heavy (non-hydrogen) atoms. The van der Waals surface area contributed by atoms with Crippen LogP contribution in [0.3, 0.4) is 0 Å². The van der Waals surface area contributed by atoms with Crippen molar-refractivity contribution in [3.63, 3.8) is 0 Å². The van der Waals surface area contributed by atoms with Crippen LogP contribution in [0.25, 0.3) is 0 Å². The van der Waals surface area contributed by atoms with Crippen molar-refractivity contribution in [3.8, 4) is 12.3 Å². The van der Waals surface area contributed by atoms with Gasteiger partial charge in [0.25, 0.3) is 0 Å². The van der Waals surface area contributed by atoms with E-state index < -0.39 is 0 Å². The largest absolute Gasteiger partial charge is 0.310 e. The number of hydrogen-bond donors (Lipinski definition) is 1. The maximum absolute atomic E-state index is 5.35. The normalized spacial score (nSPS) is 17.3. The van der Waals surface area contributed by atoms with E-state index in [2.05, 4.69) is 54.3 Å². The Bertz CT molecular complexity index is 433. The summed E-state index contributed by atoms with van der Waals surface area (Å²) < 4.78 is 0. The van der Waals surface area contributed by atoms with Crippen LogP contribution in [0.4, 0.5) is 0 Å². The Morgan fingerprint density at radius 1 is 1.25 bits per heavy atom. The fraction of sp³-hybridized carbons (Fsp3) is 0.556. The van der Waals surface area contributed by atoms with Crippen LogP contribution in [-0.2, 0) is 6.54 Å². The molecular formula is C18H26N2. The molecule has 1 aliphatic rings. The van der Waals surface area contributed by atoms with Gasteiger partial charge in [0.2, 0.25) is 0 Å². The zero-order valence-electron chi connectivity index (χ0n) is 12.7. The summed E-state index contributed by atoms with van der Waals surface area (Å²) in [6.07, 6.45) is 7.76. The lowest BCUT2D eigenvalue weighted by molar-refractivity contribution is 0.217. The van der Waals surface area contributed by atoms with Crippen molar-refractivity contribution in [1.82, 2.24) is 10.2 Å². The highest BCUT2D eigenvalue weighted by atomic mass is 15.1. The molecule has 0 unspecified atom stereocenters. The molecular weight excluding hydrogens is 244 g/mol. The molecule has 108 valence electrons. The summed E-state index contributed by atoms with van der Waals surface area (Å²) in [7, 11) is 0. The first-order valence-corrected chi connectivity index (χ1v) is 7.67. The van der Waals surface area contributed by atoms with Crippen molar-refractivity contribution in [3.05, 3.63) is 35.4 Å². The van der Waals surface area contributed by atoms with Gasteiger partial charge in [-0.15, -0.1) is 6.42 Å². The highest BCUT2D eigenvalue weighted by Crippen LogP contribution is 2.15. The highest BCUT2D eigenvalue weighted by Gasteiger charge is 2.17. The second-order valence-corrected chi connectivity index (χ2v) is 6.03. The molecule has 1 aromatic rings. The zero-order valence-corrected chi connectivity index (χ0v) is 12.7. The van der Waals surface area contributed by atoms with E-state index in [0.717, 1.165) is 26.2 Å². The zero-order chi connectivity index (χ0) is 14.4. The van der Waals surface area contributed by atoms with Crippen molar-refractivity contribution in [1.29, 1.82) is 0 Å². The van der Waals surface area contributed by atoms with Gasteiger partial charge in [-0.2, -0.15) is 0 Å². The number of terminal acetylenes is 1. The van der Waals surface area contributed by atoms with E-state index in [9.17, 15) is 0 Å². The number of hydrogen-bond acceptors (Lipinski definition) is 2. The summed E-state index contributed by atoms with van der Waals surface area (Å²) in [5.41, 5.74) is 2.79. The maximum atomic E-state index is 5.35. The number of nitrogens with zero attached hydrogens (tertiary/aromatic N) is 1. The predicted octanol–water partition coefficient (Wildman–Crippen LogP) is 3.00. The molecule has 1 heterocycles. The first-order valence-electron chi connectivity index (χ1n) is 7.67. The highest BCUT2D eigenvalue weighted by molar-refractivity contribution is 5.24. The lowest BCUT2D eigenvalue weighted by Crippen LogP contribution is -2.42. The average Bonchev–Trinajstić information content (AvgIpc) is 2.47. The lowest BCUT2D eigenvalue weighted by Gasteiger charge is -2.31. The summed E-state index contributed by atoms with van der Waals surface area (Å²) in [6.45, 7) is 8.47. The summed E-state index contributed by atoms with van der Waals surface area (Å²) in [6, 6.07) is 9.62. The van der Waals surface area contributed by atoms with Crippen molar-refractivity contribution in [2.24, 2.45) is 0 Å². The molecule has 0 radical (unpaired) electrons. The van der Waals surface area contributed by atoms with Crippen molar-refractivity contribution in [2.45, 2.75) is 45.2 Å². The molecule has 1 saturated heterocycles. The molecule has 0 atom stereocenters. The Balaban J connectivity index is 1.74. The predicted molar refractivity (Wildman–Crippen MR) is 85.7 cm³/mol. The SMILES string of the molecule is C#CCN1CCC(NCc2ccc(C(C)C)cc2)CC1. The number of benzene rings is 1. The molecule has 0 aliphatic carbocycles. The van der Waals surface area contributed by atoms with E-state index in [1.165, 1.54) is 24.0 Å². The fourth-order valence-electron chi connectivity index (χ4n) is 2.71. The minimum absolute atomic E-state index is 0.609. The van der Waals surface area contributed by atoms with Gasteiger partial charge in [0.05, 0.1) is 6.54 Å². The van der Waals surface area contributed by atoms with E-state index in [4.69, 9.17) is 6.42 Å². The van der Waals surface area contributed by atoms with Gasteiger partial charge in [-0.05, 0) is 29.9 Å². The van der Waals surface area contributed by atoms with Crippen LogP contribution in [0.1, 0.15) is 43.7 Å². The van der Waals surface area contributed by atoms with E-state index in [1.807, 2.05) is 0 Å². The summed E-state index contributed by atoms with van der Waals surface area (Å²) in [5, 5.41) is 3.67. The third-order valence-corrected chi connectivity index (χ3v) is 4.14. The molecule has 1 N–H and O–H groups in total. The first kappa shape index (κ1) is 15.1. The molecule has 2 nitrogen and oxygen atoms in total. The van der Waals surface area contributed by atoms with Crippen LogP contribution >= 0.6 is 0 Å². The third-order valence-electron chi connectivity index (χ3n) is 4.14. The molecule has 2 heteroatoms. The Hall–Kier alpha value is -1.30. The molecule has 1 aliphatic heterocycles. The van der Waals surface area contributed by atoms with Gasteiger partial charge in [-0.25, -0.2) is 0 Å². The molecule has 0 amide bonds. The fourth-order valence-corrected chi connectivity index (χ4v) is 2.71. The lowest BCUT2D eigenvalue weighted by atomic mass is 10.0. The molecule has 1 aromatic carbocycles. The van der Waals surface area contributed by atoms with Crippen LogP contribution in [0, 0.1) is 12.3 Å². The van der Waals surface area contributed by atoms with Crippen LogP contribution in [0.2, 0.25) is 0 Å². The Morgan fingerprint density at radius 3 is 2.45 bits per heavy atom. The summed E-state index contributed by atoms with van der Waals surface area (Å²) >= 11 is 0. The van der Waals surface area contributed by atoms with Gasteiger partial charge in [0.15, 0.2) is 0 Å². The minimum Gasteiger partial charge on any atom is -0.310 e. The van der Waals surface area contributed by atoms with E-state index in [-0.39, 0.29) is 0 Å².